The van der Waals surface area contributed by atoms with Crippen molar-refractivity contribution in [3.05, 3.63) is 70.3 Å². The van der Waals surface area contributed by atoms with Gasteiger partial charge in [-0.15, -0.1) is 0 Å². The largest absolute Gasteiger partial charge is 0.387 e. The van der Waals surface area contributed by atoms with Crippen molar-refractivity contribution >= 4 is 32.9 Å². The minimum absolute atomic E-state index is 0.0964. The fraction of sp³-hybridized carbons (Fsp3) is 0.391. The third-order valence-electron chi connectivity index (χ3n) is 5.94. The van der Waals surface area contributed by atoms with Crippen LogP contribution in [-0.2, 0) is 16.4 Å². The summed E-state index contributed by atoms with van der Waals surface area (Å²) in [5.41, 5.74) is 5.05. The molecule has 0 unspecified atom stereocenters. The van der Waals surface area contributed by atoms with Gasteiger partial charge in [-0.1, -0.05) is 41.9 Å². The third-order valence-corrected chi connectivity index (χ3v) is 7.46. The number of aliphatic hydroxyl groups is 1. The molecular formula is C23H27ClN2O3S. The third kappa shape index (κ3) is 4.42. The van der Waals surface area contributed by atoms with E-state index in [-0.39, 0.29) is 6.04 Å². The average molecular weight is 447 g/mol. The highest BCUT2D eigenvalue weighted by atomic mass is 35.5. The summed E-state index contributed by atoms with van der Waals surface area (Å²) in [7, 11) is -3.30. The Labute approximate surface area is 183 Å². The maximum atomic E-state index is 12.1. The summed E-state index contributed by atoms with van der Waals surface area (Å²) in [6.45, 7) is 4.14. The van der Waals surface area contributed by atoms with E-state index in [1.165, 1.54) is 21.7 Å². The van der Waals surface area contributed by atoms with Crippen LogP contribution in [0.15, 0.2) is 48.5 Å². The molecule has 2 heterocycles. The van der Waals surface area contributed by atoms with Crippen LogP contribution in [0.1, 0.15) is 36.1 Å². The molecule has 0 amide bonds. The van der Waals surface area contributed by atoms with Crippen molar-refractivity contribution in [1.29, 1.82) is 0 Å². The molecule has 0 aromatic heterocycles. The number of aliphatic hydroxyl groups excluding tert-OH is 1. The summed E-state index contributed by atoms with van der Waals surface area (Å²) in [6.07, 6.45) is 4.44. The first-order valence-corrected chi connectivity index (χ1v) is 12.4. The Morgan fingerprint density at radius 3 is 2.57 bits per heavy atom. The number of anilines is 1. The average Bonchev–Trinajstić information content (AvgIpc) is 3.04. The van der Waals surface area contributed by atoms with Gasteiger partial charge in [0.1, 0.15) is 0 Å². The number of hydrogen-bond acceptors (Lipinski definition) is 4. The summed E-state index contributed by atoms with van der Waals surface area (Å²) in [5.74, 6) is 0. The van der Waals surface area contributed by atoms with E-state index in [1.807, 2.05) is 49.4 Å². The summed E-state index contributed by atoms with van der Waals surface area (Å²) in [4.78, 5) is 2.24. The molecule has 2 aliphatic heterocycles. The smallest absolute Gasteiger partial charge is 0.232 e. The first kappa shape index (κ1) is 21.4. The molecule has 0 radical (unpaired) electrons. The molecule has 0 bridgehead atoms. The van der Waals surface area contributed by atoms with E-state index in [0.29, 0.717) is 13.0 Å². The second kappa shape index (κ2) is 8.35. The van der Waals surface area contributed by atoms with Crippen molar-refractivity contribution in [2.45, 2.75) is 31.9 Å². The van der Waals surface area contributed by atoms with E-state index < -0.39 is 16.1 Å². The number of β-amino-alcohol motifs (C(OH)–C–C–N with tert-alkyl or cyclic N) is 1. The number of halogens is 1. The summed E-state index contributed by atoms with van der Waals surface area (Å²) in [6, 6.07) is 13.4. The number of rotatable bonds is 5. The van der Waals surface area contributed by atoms with E-state index in [2.05, 4.69) is 11.0 Å². The molecule has 1 N–H and O–H groups in total. The molecular weight excluding hydrogens is 420 g/mol. The fourth-order valence-corrected chi connectivity index (χ4v) is 5.88. The number of sulfonamides is 1. The lowest BCUT2D eigenvalue weighted by atomic mass is 9.98. The predicted molar refractivity (Wildman–Crippen MR) is 122 cm³/mol. The van der Waals surface area contributed by atoms with Gasteiger partial charge in [-0.2, -0.15) is 0 Å². The van der Waals surface area contributed by atoms with Crippen LogP contribution >= 0.6 is 11.6 Å². The maximum absolute atomic E-state index is 12.1. The Morgan fingerprint density at radius 2 is 1.93 bits per heavy atom. The van der Waals surface area contributed by atoms with Gasteiger partial charge in [-0.3, -0.25) is 9.21 Å². The normalized spacial score (nSPS) is 20.7. The Hall–Kier alpha value is -1.86. The number of fused-ring (bicyclic) bond motifs is 1. The van der Waals surface area contributed by atoms with Gasteiger partial charge in [-0.25, -0.2) is 8.42 Å². The van der Waals surface area contributed by atoms with Gasteiger partial charge >= 0.3 is 0 Å². The first-order chi connectivity index (χ1) is 14.2. The molecule has 0 saturated carbocycles. The minimum atomic E-state index is -3.30. The van der Waals surface area contributed by atoms with E-state index in [9.17, 15) is 13.5 Å². The highest BCUT2D eigenvalue weighted by Crippen LogP contribution is 2.36. The van der Waals surface area contributed by atoms with Gasteiger partial charge in [0, 0.05) is 30.7 Å². The van der Waals surface area contributed by atoms with Gasteiger partial charge in [0.15, 0.2) is 0 Å². The number of nitrogens with zero attached hydrogens (tertiary/aromatic N) is 2. The Balaban J connectivity index is 1.42. The lowest BCUT2D eigenvalue weighted by molar-refractivity contribution is 0.119. The van der Waals surface area contributed by atoms with Gasteiger partial charge in [-0.05, 0) is 60.2 Å². The standard InChI is InChI=1S/C23H27ClN2O3S/c1-16-13-20-14-19(5-8-22(20)26(16)30(2,28)29)23(27)15-25-11-9-18(10-12-25)17-3-6-21(24)7-4-17/h3-9,14,16,23,27H,10-13,15H2,1-2H3/t16-,23-/m0/s1. The molecule has 7 heteroatoms. The van der Waals surface area contributed by atoms with Crippen LogP contribution in [0.25, 0.3) is 5.57 Å². The topological polar surface area (TPSA) is 60.9 Å². The first-order valence-electron chi connectivity index (χ1n) is 10.2. The van der Waals surface area contributed by atoms with Crippen LogP contribution in [0.2, 0.25) is 5.02 Å². The Bertz CT molecular complexity index is 1070. The van der Waals surface area contributed by atoms with Crippen LogP contribution in [0.5, 0.6) is 0 Å². The molecule has 4 rings (SSSR count). The second-order valence-electron chi connectivity index (χ2n) is 8.26. The SMILES string of the molecule is C[C@H]1Cc2cc([C@@H](O)CN3CC=C(c4ccc(Cl)cc4)CC3)ccc2N1S(C)(=O)=O. The number of benzene rings is 2. The highest BCUT2D eigenvalue weighted by Gasteiger charge is 2.33. The zero-order valence-corrected chi connectivity index (χ0v) is 18.8. The van der Waals surface area contributed by atoms with Gasteiger partial charge in [0.05, 0.1) is 18.0 Å². The van der Waals surface area contributed by atoms with E-state index in [0.717, 1.165) is 41.3 Å². The zero-order valence-electron chi connectivity index (χ0n) is 17.3. The second-order valence-corrected chi connectivity index (χ2v) is 10.6. The van der Waals surface area contributed by atoms with E-state index in [4.69, 9.17) is 11.6 Å². The zero-order chi connectivity index (χ0) is 21.5. The lowest BCUT2D eigenvalue weighted by Crippen LogP contribution is -2.34. The molecule has 0 aliphatic carbocycles. The molecule has 0 saturated heterocycles. The molecule has 0 fully saturated rings. The fourth-order valence-electron chi connectivity index (χ4n) is 4.49. The van der Waals surface area contributed by atoms with Crippen LogP contribution in [0.3, 0.4) is 0 Å². The molecule has 0 spiro atoms. The molecule has 5 nitrogen and oxygen atoms in total. The Kier molecular flexibility index (Phi) is 5.95. The Morgan fingerprint density at radius 1 is 1.20 bits per heavy atom. The number of hydrogen-bond donors (Lipinski definition) is 1. The lowest BCUT2D eigenvalue weighted by Gasteiger charge is -2.28. The van der Waals surface area contributed by atoms with Gasteiger partial charge in [0.2, 0.25) is 10.0 Å². The van der Waals surface area contributed by atoms with Crippen LogP contribution in [0, 0.1) is 0 Å². The van der Waals surface area contributed by atoms with Crippen LogP contribution in [-0.4, -0.2) is 50.4 Å². The van der Waals surface area contributed by atoms with E-state index >= 15 is 0 Å². The van der Waals surface area contributed by atoms with Crippen molar-refractivity contribution in [2.75, 3.05) is 30.2 Å². The molecule has 30 heavy (non-hydrogen) atoms. The summed E-state index contributed by atoms with van der Waals surface area (Å²) < 4.78 is 25.7. The minimum Gasteiger partial charge on any atom is -0.387 e. The van der Waals surface area contributed by atoms with Crippen molar-refractivity contribution in [3.63, 3.8) is 0 Å². The van der Waals surface area contributed by atoms with Crippen molar-refractivity contribution in [1.82, 2.24) is 4.90 Å². The quantitative estimate of drug-likeness (QED) is 0.757. The van der Waals surface area contributed by atoms with Crippen molar-refractivity contribution in [3.8, 4) is 0 Å². The molecule has 2 aromatic rings. The molecule has 160 valence electrons. The predicted octanol–water partition coefficient (Wildman–Crippen LogP) is 3.87. The van der Waals surface area contributed by atoms with Crippen LogP contribution in [0.4, 0.5) is 5.69 Å². The van der Waals surface area contributed by atoms with Crippen LogP contribution < -0.4 is 4.31 Å². The van der Waals surface area contributed by atoms with E-state index in [1.54, 1.807) is 0 Å². The monoisotopic (exact) mass is 446 g/mol. The maximum Gasteiger partial charge on any atom is 0.232 e. The highest BCUT2D eigenvalue weighted by molar-refractivity contribution is 7.92. The van der Waals surface area contributed by atoms with Crippen molar-refractivity contribution < 1.29 is 13.5 Å². The summed E-state index contributed by atoms with van der Waals surface area (Å²) >= 11 is 5.97. The molecule has 2 atom stereocenters. The molecule has 2 aliphatic rings. The van der Waals surface area contributed by atoms with Gasteiger partial charge < -0.3 is 5.11 Å². The summed E-state index contributed by atoms with van der Waals surface area (Å²) in [5, 5.41) is 11.5. The van der Waals surface area contributed by atoms with Gasteiger partial charge in [0.25, 0.3) is 0 Å². The molecule has 2 aromatic carbocycles. The van der Waals surface area contributed by atoms with Crippen molar-refractivity contribution in [2.24, 2.45) is 0 Å².